The highest BCUT2D eigenvalue weighted by Crippen LogP contribution is 2.24. The zero-order chi connectivity index (χ0) is 11.5. The summed E-state index contributed by atoms with van der Waals surface area (Å²) in [6.45, 7) is 3.43. The van der Waals surface area contributed by atoms with Crippen molar-refractivity contribution in [2.45, 2.75) is 32.2 Å². The summed E-state index contributed by atoms with van der Waals surface area (Å²) in [6, 6.07) is 6.24. The average molecular weight is 258 g/mol. The van der Waals surface area contributed by atoms with Crippen molar-refractivity contribution in [1.82, 2.24) is 5.32 Å². The van der Waals surface area contributed by atoms with E-state index >= 15 is 0 Å². The number of piperidine rings is 1. The van der Waals surface area contributed by atoms with Gasteiger partial charge in [-0.15, -0.1) is 0 Å². The maximum absolute atomic E-state index is 6.17. The van der Waals surface area contributed by atoms with E-state index in [1.807, 2.05) is 18.2 Å². The van der Waals surface area contributed by atoms with Crippen LogP contribution in [0.4, 0.5) is 0 Å². The van der Waals surface area contributed by atoms with Crippen molar-refractivity contribution < 1.29 is 0 Å². The molecule has 1 fully saturated rings. The minimum atomic E-state index is 0.541. The Morgan fingerprint density at radius 1 is 1.38 bits per heavy atom. The Kier molecular flexibility index (Phi) is 4.12. The molecule has 16 heavy (non-hydrogen) atoms. The molecular weight excluding hydrogens is 241 g/mol. The second-order valence-electron chi connectivity index (χ2n) is 4.72. The molecule has 3 heteroatoms. The molecule has 2 unspecified atom stereocenters. The summed E-state index contributed by atoms with van der Waals surface area (Å²) in [5.41, 5.74) is 1.15. The summed E-state index contributed by atoms with van der Waals surface area (Å²) in [4.78, 5) is 0. The van der Waals surface area contributed by atoms with Gasteiger partial charge < -0.3 is 5.32 Å². The molecule has 0 bridgehead atoms. The van der Waals surface area contributed by atoms with Gasteiger partial charge in [0, 0.05) is 16.1 Å². The topological polar surface area (TPSA) is 12.0 Å². The molecule has 1 saturated heterocycles. The molecule has 0 spiro atoms. The maximum atomic E-state index is 6.17. The molecular formula is C13H17Cl2N. The van der Waals surface area contributed by atoms with Gasteiger partial charge in [0.05, 0.1) is 0 Å². The third kappa shape index (κ3) is 3.13. The summed E-state index contributed by atoms with van der Waals surface area (Å²) in [7, 11) is 0. The fourth-order valence-corrected chi connectivity index (χ4v) is 2.73. The fraction of sp³-hybridized carbons (Fsp3) is 0.538. The summed E-state index contributed by atoms with van der Waals surface area (Å²) in [5.74, 6) is 0.809. The van der Waals surface area contributed by atoms with Crippen LogP contribution in [-0.2, 0) is 6.42 Å². The van der Waals surface area contributed by atoms with Crippen LogP contribution in [0.1, 0.15) is 25.3 Å². The average Bonchev–Trinajstić information content (AvgIpc) is 2.24. The molecule has 0 radical (unpaired) electrons. The summed E-state index contributed by atoms with van der Waals surface area (Å²) < 4.78 is 0. The van der Waals surface area contributed by atoms with E-state index in [4.69, 9.17) is 23.2 Å². The number of halogens is 2. The molecule has 2 atom stereocenters. The Labute approximate surface area is 107 Å². The third-order valence-electron chi connectivity index (χ3n) is 3.23. The molecule has 0 aromatic heterocycles. The molecule has 1 aliphatic rings. The number of nitrogens with one attached hydrogen (secondary N) is 1. The lowest BCUT2D eigenvalue weighted by molar-refractivity contribution is 0.318. The molecule has 0 saturated carbocycles. The van der Waals surface area contributed by atoms with E-state index in [0.29, 0.717) is 6.04 Å². The molecule has 1 aromatic rings. The number of hydrogen-bond acceptors (Lipinski definition) is 1. The molecule has 0 aliphatic carbocycles. The zero-order valence-electron chi connectivity index (χ0n) is 9.47. The maximum Gasteiger partial charge on any atom is 0.0439 e. The van der Waals surface area contributed by atoms with Gasteiger partial charge in [-0.05, 0) is 55.5 Å². The van der Waals surface area contributed by atoms with Crippen LogP contribution in [0.3, 0.4) is 0 Å². The van der Waals surface area contributed by atoms with Crippen LogP contribution < -0.4 is 5.32 Å². The molecule has 1 aliphatic heterocycles. The predicted molar refractivity (Wildman–Crippen MR) is 70.4 cm³/mol. The van der Waals surface area contributed by atoms with Gasteiger partial charge in [-0.2, -0.15) is 0 Å². The summed E-state index contributed by atoms with van der Waals surface area (Å²) >= 11 is 12.1. The Morgan fingerprint density at radius 2 is 2.19 bits per heavy atom. The van der Waals surface area contributed by atoms with E-state index in [1.165, 1.54) is 12.8 Å². The number of benzene rings is 1. The van der Waals surface area contributed by atoms with Crippen LogP contribution in [0.2, 0.25) is 10.0 Å². The van der Waals surface area contributed by atoms with Gasteiger partial charge in [0.2, 0.25) is 0 Å². The van der Waals surface area contributed by atoms with Crippen molar-refractivity contribution in [3.05, 3.63) is 33.8 Å². The monoisotopic (exact) mass is 257 g/mol. The Morgan fingerprint density at radius 3 is 2.94 bits per heavy atom. The lowest BCUT2D eigenvalue weighted by Gasteiger charge is -2.28. The van der Waals surface area contributed by atoms with E-state index in [0.717, 1.165) is 34.5 Å². The minimum Gasteiger partial charge on any atom is -0.314 e. The first kappa shape index (κ1) is 12.2. The van der Waals surface area contributed by atoms with Crippen LogP contribution in [0.15, 0.2) is 18.2 Å². The van der Waals surface area contributed by atoms with E-state index < -0.39 is 0 Å². The van der Waals surface area contributed by atoms with Gasteiger partial charge in [-0.3, -0.25) is 0 Å². The smallest absolute Gasteiger partial charge is 0.0439 e. The van der Waals surface area contributed by atoms with Crippen molar-refractivity contribution in [2.75, 3.05) is 6.54 Å². The highest BCUT2D eigenvalue weighted by atomic mass is 35.5. The van der Waals surface area contributed by atoms with Gasteiger partial charge in [0.25, 0.3) is 0 Å². The molecule has 2 rings (SSSR count). The number of hydrogen-bond donors (Lipinski definition) is 1. The predicted octanol–water partition coefficient (Wildman–Crippen LogP) is 3.92. The lowest BCUT2D eigenvalue weighted by Crippen LogP contribution is -2.38. The van der Waals surface area contributed by atoms with Crippen molar-refractivity contribution >= 4 is 23.2 Å². The summed E-state index contributed by atoms with van der Waals surface area (Å²) in [6.07, 6.45) is 3.48. The quantitative estimate of drug-likeness (QED) is 0.847. The molecule has 0 amide bonds. The second-order valence-corrected chi connectivity index (χ2v) is 5.56. The fourth-order valence-electron chi connectivity index (χ4n) is 2.34. The minimum absolute atomic E-state index is 0.541. The first-order chi connectivity index (χ1) is 7.65. The molecule has 1 aromatic carbocycles. The van der Waals surface area contributed by atoms with Crippen molar-refractivity contribution in [1.29, 1.82) is 0 Å². The standard InChI is InChI=1S/C13H17Cl2N/c1-9-4-5-16-12(6-9)8-10-7-11(14)2-3-13(10)15/h2-3,7,9,12,16H,4-6,8H2,1H3. The van der Waals surface area contributed by atoms with Gasteiger partial charge in [0.15, 0.2) is 0 Å². The highest BCUT2D eigenvalue weighted by molar-refractivity contribution is 6.33. The SMILES string of the molecule is CC1CCNC(Cc2cc(Cl)ccc2Cl)C1. The highest BCUT2D eigenvalue weighted by Gasteiger charge is 2.19. The van der Waals surface area contributed by atoms with Crippen molar-refractivity contribution in [3.8, 4) is 0 Å². The van der Waals surface area contributed by atoms with Gasteiger partial charge in [-0.1, -0.05) is 30.1 Å². The van der Waals surface area contributed by atoms with Crippen molar-refractivity contribution in [2.24, 2.45) is 5.92 Å². The lowest BCUT2D eigenvalue weighted by atomic mass is 9.90. The van der Waals surface area contributed by atoms with Crippen LogP contribution >= 0.6 is 23.2 Å². The first-order valence-corrected chi connectivity index (χ1v) is 6.58. The Hall–Kier alpha value is -0.240. The molecule has 88 valence electrons. The molecule has 1 N–H and O–H groups in total. The zero-order valence-corrected chi connectivity index (χ0v) is 11.0. The second kappa shape index (κ2) is 5.39. The molecule has 1 heterocycles. The summed E-state index contributed by atoms with van der Waals surface area (Å²) in [5, 5.41) is 5.13. The Bertz CT molecular complexity index is 365. The van der Waals surface area contributed by atoms with Crippen LogP contribution in [0.25, 0.3) is 0 Å². The van der Waals surface area contributed by atoms with Crippen LogP contribution in [-0.4, -0.2) is 12.6 Å². The molecule has 1 nitrogen and oxygen atoms in total. The third-order valence-corrected chi connectivity index (χ3v) is 3.83. The van der Waals surface area contributed by atoms with Gasteiger partial charge in [0.1, 0.15) is 0 Å². The van der Waals surface area contributed by atoms with E-state index in [2.05, 4.69) is 12.2 Å². The van der Waals surface area contributed by atoms with Crippen LogP contribution in [0, 0.1) is 5.92 Å². The van der Waals surface area contributed by atoms with Crippen LogP contribution in [0.5, 0.6) is 0 Å². The van der Waals surface area contributed by atoms with E-state index in [9.17, 15) is 0 Å². The number of rotatable bonds is 2. The van der Waals surface area contributed by atoms with Crippen molar-refractivity contribution in [3.63, 3.8) is 0 Å². The largest absolute Gasteiger partial charge is 0.314 e. The Balaban J connectivity index is 2.05. The van der Waals surface area contributed by atoms with E-state index in [1.54, 1.807) is 0 Å². The first-order valence-electron chi connectivity index (χ1n) is 5.82. The van der Waals surface area contributed by atoms with Gasteiger partial charge in [-0.25, -0.2) is 0 Å². The van der Waals surface area contributed by atoms with E-state index in [-0.39, 0.29) is 0 Å². The normalized spacial score (nSPS) is 25.7. The van der Waals surface area contributed by atoms with Gasteiger partial charge >= 0.3 is 0 Å².